The standard InChI is InChI=1S/C12H15NO3/c1-9(7-13)8-16-11-6-4-5-10(14-2)12(11)15-3/h4-6,9H,8H2,1-3H3. The third kappa shape index (κ3) is 2.80. The van der Waals surface area contributed by atoms with Gasteiger partial charge in [-0.15, -0.1) is 0 Å². The van der Waals surface area contributed by atoms with Crippen LogP contribution in [0.1, 0.15) is 6.92 Å². The van der Waals surface area contributed by atoms with E-state index in [1.54, 1.807) is 33.3 Å². The van der Waals surface area contributed by atoms with Crippen molar-refractivity contribution in [1.29, 1.82) is 5.26 Å². The molecule has 1 atom stereocenters. The van der Waals surface area contributed by atoms with E-state index in [-0.39, 0.29) is 5.92 Å². The van der Waals surface area contributed by atoms with Crippen LogP contribution in [0.4, 0.5) is 0 Å². The molecule has 0 amide bonds. The molecule has 0 saturated carbocycles. The number of rotatable bonds is 5. The van der Waals surface area contributed by atoms with Gasteiger partial charge in [-0.3, -0.25) is 0 Å². The molecule has 0 bridgehead atoms. The van der Waals surface area contributed by atoms with E-state index >= 15 is 0 Å². The van der Waals surface area contributed by atoms with E-state index < -0.39 is 0 Å². The number of ether oxygens (including phenoxy) is 3. The van der Waals surface area contributed by atoms with E-state index in [4.69, 9.17) is 19.5 Å². The molecular formula is C12H15NO3. The zero-order valence-corrected chi connectivity index (χ0v) is 9.69. The van der Waals surface area contributed by atoms with Gasteiger partial charge >= 0.3 is 0 Å². The monoisotopic (exact) mass is 221 g/mol. The Kier molecular flexibility index (Phi) is 4.46. The van der Waals surface area contributed by atoms with Gasteiger partial charge in [-0.2, -0.15) is 5.26 Å². The predicted molar refractivity (Wildman–Crippen MR) is 59.8 cm³/mol. The lowest BCUT2D eigenvalue weighted by Gasteiger charge is -2.13. The highest BCUT2D eigenvalue weighted by Gasteiger charge is 2.11. The number of hydrogen-bond acceptors (Lipinski definition) is 4. The van der Waals surface area contributed by atoms with Crippen molar-refractivity contribution in [3.63, 3.8) is 0 Å². The Morgan fingerprint density at radius 3 is 2.50 bits per heavy atom. The number of nitrogens with zero attached hydrogens (tertiary/aromatic N) is 1. The first-order valence-corrected chi connectivity index (χ1v) is 4.96. The van der Waals surface area contributed by atoms with Gasteiger partial charge in [0.2, 0.25) is 5.75 Å². The minimum Gasteiger partial charge on any atom is -0.493 e. The van der Waals surface area contributed by atoms with Gasteiger partial charge in [0.05, 0.1) is 26.2 Å². The largest absolute Gasteiger partial charge is 0.493 e. The van der Waals surface area contributed by atoms with E-state index in [9.17, 15) is 0 Å². The van der Waals surface area contributed by atoms with Crippen molar-refractivity contribution in [1.82, 2.24) is 0 Å². The number of hydrogen-bond donors (Lipinski definition) is 0. The lowest BCUT2D eigenvalue weighted by Crippen LogP contribution is -2.07. The first-order valence-electron chi connectivity index (χ1n) is 4.96. The third-order valence-corrected chi connectivity index (χ3v) is 2.08. The van der Waals surface area contributed by atoms with Gasteiger partial charge in [0.25, 0.3) is 0 Å². The van der Waals surface area contributed by atoms with Crippen LogP contribution in [-0.4, -0.2) is 20.8 Å². The fraction of sp³-hybridized carbons (Fsp3) is 0.417. The van der Waals surface area contributed by atoms with Gasteiger partial charge in [0.15, 0.2) is 11.5 Å². The first-order chi connectivity index (χ1) is 7.72. The first kappa shape index (κ1) is 12.2. The highest BCUT2D eigenvalue weighted by atomic mass is 16.5. The van der Waals surface area contributed by atoms with E-state index in [1.807, 2.05) is 6.07 Å². The minimum atomic E-state index is -0.157. The van der Waals surface area contributed by atoms with Gasteiger partial charge < -0.3 is 14.2 Å². The Labute approximate surface area is 95.4 Å². The van der Waals surface area contributed by atoms with E-state index in [1.165, 1.54) is 0 Å². The zero-order valence-electron chi connectivity index (χ0n) is 9.69. The van der Waals surface area contributed by atoms with Crippen LogP contribution in [-0.2, 0) is 0 Å². The van der Waals surface area contributed by atoms with Crippen molar-refractivity contribution in [2.75, 3.05) is 20.8 Å². The molecule has 0 saturated heterocycles. The van der Waals surface area contributed by atoms with Crippen molar-refractivity contribution in [2.45, 2.75) is 6.92 Å². The molecule has 0 fully saturated rings. The Bertz CT molecular complexity index is 384. The predicted octanol–water partition coefficient (Wildman–Crippen LogP) is 2.24. The summed E-state index contributed by atoms with van der Waals surface area (Å²) >= 11 is 0. The van der Waals surface area contributed by atoms with Crippen LogP contribution in [0.25, 0.3) is 0 Å². The molecule has 0 aliphatic heterocycles. The summed E-state index contributed by atoms with van der Waals surface area (Å²) < 4.78 is 15.8. The fourth-order valence-corrected chi connectivity index (χ4v) is 1.22. The van der Waals surface area contributed by atoms with Gasteiger partial charge in [0, 0.05) is 0 Å². The molecule has 0 N–H and O–H groups in total. The average molecular weight is 221 g/mol. The molecular weight excluding hydrogens is 206 g/mol. The van der Waals surface area contributed by atoms with Crippen molar-refractivity contribution >= 4 is 0 Å². The SMILES string of the molecule is COc1cccc(OCC(C)C#N)c1OC. The minimum absolute atomic E-state index is 0.157. The summed E-state index contributed by atoms with van der Waals surface area (Å²) in [6, 6.07) is 7.49. The van der Waals surface area contributed by atoms with Gasteiger partial charge in [0.1, 0.15) is 6.61 Å². The summed E-state index contributed by atoms with van der Waals surface area (Å²) in [7, 11) is 3.12. The third-order valence-electron chi connectivity index (χ3n) is 2.08. The van der Waals surface area contributed by atoms with Crippen LogP contribution >= 0.6 is 0 Å². The second kappa shape index (κ2) is 5.86. The maximum atomic E-state index is 8.65. The van der Waals surface area contributed by atoms with Crippen molar-refractivity contribution in [3.8, 4) is 23.3 Å². The maximum absolute atomic E-state index is 8.65. The molecule has 16 heavy (non-hydrogen) atoms. The smallest absolute Gasteiger partial charge is 0.203 e. The van der Waals surface area contributed by atoms with Gasteiger partial charge in [-0.1, -0.05) is 6.07 Å². The molecule has 4 heteroatoms. The second-order valence-corrected chi connectivity index (χ2v) is 3.33. The number of methoxy groups -OCH3 is 2. The molecule has 1 aromatic rings. The van der Waals surface area contributed by atoms with Gasteiger partial charge in [-0.25, -0.2) is 0 Å². The quantitative estimate of drug-likeness (QED) is 0.765. The zero-order chi connectivity index (χ0) is 12.0. The van der Waals surface area contributed by atoms with Gasteiger partial charge in [-0.05, 0) is 19.1 Å². The van der Waals surface area contributed by atoms with E-state index in [2.05, 4.69) is 6.07 Å². The molecule has 4 nitrogen and oxygen atoms in total. The maximum Gasteiger partial charge on any atom is 0.203 e. The molecule has 0 spiro atoms. The van der Waals surface area contributed by atoms with Crippen molar-refractivity contribution < 1.29 is 14.2 Å². The Morgan fingerprint density at radius 1 is 1.25 bits per heavy atom. The Morgan fingerprint density at radius 2 is 1.94 bits per heavy atom. The molecule has 0 heterocycles. The van der Waals surface area contributed by atoms with E-state index in [0.717, 1.165) is 0 Å². The van der Waals surface area contributed by atoms with Crippen LogP contribution in [0.5, 0.6) is 17.2 Å². The van der Waals surface area contributed by atoms with E-state index in [0.29, 0.717) is 23.9 Å². The van der Waals surface area contributed by atoms with Crippen LogP contribution in [0.15, 0.2) is 18.2 Å². The summed E-state index contributed by atoms with van der Waals surface area (Å²) in [6.45, 7) is 2.13. The fourth-order valence-electron chi connectivity index (χ4n) is 1.22. The summed E-state index contributed by atoms with van der Waals surface area (Å²) in [6.07, 6.45) is 0. The average Bonchev–Trinajstić information content (AvgIpc) is 2.34. The van der Waals surface area contributed by atoms with Crippen LogP contribution in [0, 0.1) is 17.2 Å². The summed E-state index contributed by atoms with van der Waals surface area (Å²) in [5.41, 5.74) is 0. The Hall–Kier alpha value is -1.89. The summed E-state index contributed by atoms with van der Waals surface area (Å²) in [5, 5.41) is 8.65. The Balaban J connectivity index is 2.83. The molecule has 86 valence electrons. The molecule has 0 aliphatic carbocycles. The number of nitriles is 1. The van der Waals surface area contributed by atoms with Crippen LogP contribution < -0.4 is 14.2 Å². The van der Waals surface area contributed by atoms with Crippen molar-refractivity contribution in [3.05, 3.63) is 18.2 Å². The lowest BCUT2D eigenvalue weighted by molar-refractivity contribution is 0.264. The lowest BCUT2D eigenvalue weighted by atomic mass is 10.2. The van der Waals surface area contributed by atoms with Crippen LogP contribution in [0.3, 0.4) is 0 Å². The highest BCUT2D eigenvalue weighted by molar-refractivity contribution is 5.51. The molecule has 1 unspecified atom stereocenters. The summed E-state index contributed by atoms with van der Waals surface area (Å²) in [4.78, 5) is 0. The highest BCUT2D eigenvalue weighted by Crippen LogP contribution is 2.36. The molecule has 0 radical (unpaired) electrons. The molecule has 0 aliphatic rings. The number of benzene rings is 1. The topological polar surface area (TPSA) is 51.5 Å². The number of para-hydroxylation sites is 1. The normalized spacial score (nSPS) is 11.4. The van der Waals surface area contributed by atoms with Crippen LogP contribution in [0.2, 0.25) is 0 Å². The molecule has 1 rings (SSSR count). The molecule has 1 aromatic carbocycles. The molecule has 0 aromatic heterocycles. The summed E-state index contributed by atoms with van der Waals surface area (Å²) in [5.74, 6) is 1.60. The van der Waals surface area contributed by atoms with Crippen molar-refractivity contribution in [2.24, 2.45) is 5.92 Å². The second-order valence-electron chi connectivity index (χ2n) is 3.33.